The second-order valence-electron chi connectivity index (χ2n) is 8.99. The summed E-state index contributed by atoms with van der Waals surface area (Å²) in [7, 11) is -2.11. The molecule has 0 bridgehead atoms. The van der Waals surface area contributed by atoms with Crippen molar-refractivity contribution in [2.45, 2.75) is 31.7 Å². The van der Waals surface area contributed by atoms with Crippen molar-refractivity contribution in [3.8, 4) is 0 Å². The van der Waals surface area contributed by atoms with Gasteiger partial charge in [-0.25, -0.2) is 13.4 Å². The van der Waals surface area contributed by atoms with Crippen LogP contribution in [0.2, 0.25) is 0 Å². The molecule has 2 aromatic carbocycles. The van der Waals surface area contributed by atoms with Gasteiger partial charge in [-0.05, 0) is 48.6 Å². The Morgan fingerprint density at radius 1 is 1.12 bits per heavy atom. The quantitative estimate of drug-likeness (QED) is 0.620. The van der Waals surface area contributed by atoms with Crippen LogP contribution in [0.1, 0.15) is 36.5 Å². The first-order valence-electron chi connectivity index (χ1n) is 11.0. The van der Waals surface area contributed by atoms with Gasteiger partial charge in [0.25, 0.3) is 11.5 Å². The lowest BCUT2D eigenvalue weighted by molar-refractivity contribution is 0.0781. The molecule has 174 valence electrons. The number of sulfonamides is 1. The van der Waals surface area contributed by atoms with Gasteiger partial charge in [-0.2, -0.15) is 4.31 Å². The molecule has 9 heteroatoms. The van der Waals surface area contributed by atoms with Crippen LogP contribution in [0.15, 0.2) is 58.2 Å². The molecule has 1 aromatic heterocycles. The van der Waals surface area contributed by atoms with Crippen LogP contribution in [0.25, 0.3) is 10.9 Å². The standard InChI is InChI=1S/C24H28N4O4S/c1-16-11-17(2)14-28(13-16)33(31,32)19-8-6-7-18(12-19)24(30)27(3)15-22-25-21-10-5-4-9-20(21)23(29)26-22/h4-10,12,16-17H,11,13-15H2,1-3H3,(H,25,26,29)/t16-,17-/m1/s1. The first-order chi connectivity index (χ1) is 15.6. The molecule has 1 aliphatic heterocycles. The van der Waals surface area contributed by atoms with Crippen molar-refractivity contribution in [3.63, 3.8) is 0 Å². The van der Waals surface area contributed by atoms with E-state index in [1.54, 1.807) is 43.4 Å². The summed E-state index contributed by atoms with van der Waals surface area (Å²) in [4.78, 5) is 34.0. The van der Waals surface area contributed by atoms with Gasteiger partial charge in [-0.1, -0.05) is 32.0 Å². The van der Waals surface area contributed by atoms with Crippen molar-refractivity contribution in [2.75, 3.05) is 20.1 Å². The number of amides is 1. The smallest absolute Gasteiger partial charge is 0.258 e. The number of nitrogens with zero attached hydrogens (tertiary/aromatic N) is 3. The van der Waals surface area contributed by atoms with E-state index in [1.807, 2.05) is 0 Å². The van der Waals surface area contributed by atoms with Gasteiger partial charge in [-0.3, -0.25) is 9.59 Å². The third-order valence-electron chi connectivity index (χ3n) is 5.95. The first kappa shape index (κ1) is 23.1. The molecule has 8 nitrogen and oxygen atoms in total. The Morgan fingerprint density at radius 2 is 1.82 bits per heavy atom. The summed E-state index contributed by atoms with van der Waals surface area (Å²) in [6, 6.07) is 13.1. The van der Waals surface area contributed by atoms with Gasteiger partial charge in [0, 0.05) is 25.7 Å². The first-order valence-corrected chi connectivity index (χ1v) is 12.4. The second-order valence-corrected chi connectivity index (χ2v) is 10.9. The van der Waals surface area contributed by atoms with E-state index in [4.69, 9.17) is 0 Å². The molecule has 3 aromatic rings. The van der Waals surface area contributed by atoms with E-state index < -0.39 is 10.0 Å². The number of benzene rings is 2. The summed E-state index contributed by atoms with van der Waals surface area (Å²) in [5.41, 5.74) is 0.546. The van der Waals surface area contributed by atoms with Gasteiger partial charge in [0.05, 0.1) is 22.3 Å². The predicted molar refractivity (Wildman–Crippen MR) is 126 cm³/mol. The van der Waals surface area contributed by atoms with Gasteiger partial charge in [0.1, 0.15) is 5.82 Å². The predicted octanol–water partition coefficient (Wildman–Crippen LogP) is 2.86. The zero-order chi connectivity index (χ0) is 23.8. The molecular formula is C24H28N4O4S. The Balaban J connectivity index is 1.55. The molecule has 1 aliphatic rings. The van der Waals surface area contributed by atoms with Gasteiger partial charge in [0.15, 0.2) is 0 Å². The number of aromatic nitrogens is 2. The van der Waals surface area contributed by atoms with Crippen LogP contribution in [0.3, 0.4) is 0 Å². The highest BCUT2D eigenvalue weighted by atomic mass is 32.2. The molecule has 0 aliphatic carbocycles. The second kappa shape index (κ2) is 9.07. The Labute approximate surface area is 193 Å². The van der Waals surface area contributed by atoms with E-state index in [9.17, 15) is 18.0 Å². The molecule has 1 fully saturated rings. The largest absolute Gasteiger partial charge is 0.334 e. The van der Waals surface area contributed by atoms with Gasteiger partial charge >= 0.3 is 0 Å². The highest BCUT2D eigenvalue weighted by molar-refractivity contribution is 7.89. The van der Waals surface area contributed by atoms with Crippen molar-refractivity contribution >= 4 is 26.8 Å². The lowest BCUT2D eigenvalue weighted by atomic mass is 9.94. The SMILES string of the molecule is C[C@@H]1C[C@@H](C)CN(S(=O)(=O)c2cccc(C(=O)N(C)Cc3nc4ccccc4c(=O)[nH]3)c2)C1. The Bertz CT molecular complexity index is 1340. The number of H-pyrrole nitrogens is 1. The van der Waals surface area contributed by atoms with Crippen molar-refractivity contribution in [1.29, 1.82) is 0 Å². The van der Waals surface area contributed by atoms with Crippen molar-refractivity contribution < 1.29 is 13.2 Å². The molecule has 0 saturated carbocycles. The normalized spacial score (nSPS) is 19.5. The molecule has 33 heavy (non-hydrogen) atoms. The molecule has 1 amide bonds. The maximum atomic E-state index is 13.2. The molecule has 2 heterocycles. The maximum Gasteiger partial charge on any atom is 0.258 e. The topological polar surface area (TPSA) is 103 Å². The van der Waals surface area contributed by atoms with Gasteiger partial charge in [-0.15, -0.1) is 0 Å². The highest BCUT2D eigenvalue weighted by Crippen LogP contribution is 2.27. The van der Waals surface area contributed by atoms with E-state index in [1.165, 1.54) is 21.3 Å². The molecule has 0 radical (unpaired) electrons. The lowest BCUT2D eigenvalue weighted by Gasteiger charge is -2.34. The Hall–Kier alpha value is -3.04. The fraction of sp³-hybridized carbons (Fsp3) is 0.375. The zero-order valence-corrected chi connectivity index (χ0v) is 19.8. The highest BCUT2D eigenvalue weighted by Gasteiger charge is 2.32. The Kier molecular flexibility index (Phi) is 6.36. The van der Waals surface area contributed by atoms with Crippen molar-refractivity contribution in [3.05, 3.63) is 70.3 Å². The summed E-state index contributed by atoms with van der Waals surface area (Å²) in [5.74, 6) is 0.574. The molecule has 1 saturated heterocycles. The van der Waals surface area contributed by atoms with Crippen LogP contribution in [-0.2, 0) is 16.6 Å². The molecule has 4 rings (SSSR count). The minimum absolute atomic E-state index is 0.0804. The summed E-state index contributed by atoms with van der Waals surface area (Å²) >= 11 is 0. The minimum atomic E-state index is -3.70. The van der Waals surface area contributed by atoms with Crippen LogP contribution >= 0.6 is 0 Å². The third-order valence-corrected chi connectivity index (χ3v) is 7.78. The number of carbonyl (C=O) groups is 1. The fourth-order valence-electron chi connectivity index (χ4n) is 4.47. The number of nitrogens with one attached hydrogen (secondary N) is 1. The molecule has 1 N–H and O–H groups in total. The Morgan fingerprint density at radius 3 is 2.55 bits per heavy atom. The molecule has 2 atom stereocenters. The molecular weight excluding hydrogens is 440 g/mol. The number of para-hydroxylation sites is 1. The molecule has 0 spiro atoms. The monoisotopic (exact) mass is 468 g/mol. The van der Waals surface area contributed by atoms with Crippen LogP contribution in [0.5, 0.6) is 0 Å². The number of fused-ring (bicyclic) bond motifs is 1. The van der Waals surface area contributed by atoms with Crippen LogP contribution < -0.4 is 5.56 Å². The third kappa shape index (κ3) is 4.84. The van der Waals surface area contributed by atoms with E-state index >= 15 is 0 Å². The number of aromatic amines is 1. The summed E-state index contributed by atoms with van der Waals surface area (Å²) in [5, 5.41) is 0.481. The summed E-state index contributed by atoms with van der Waals surface area (Å²) in [6.07, 6.45) is 1.00. The summed E-state index contributed by atoms with van der Waals surface area (Å²) in [6.45, 7) is 5.14. The zero-order valence-electron chi connectivity index (χ0n) is 19.0. The van der Waals surface area contributed by atoms with Crippen LogP contribution in [0, 0.1) is 11.8 Å². The van der Waals surface area contributed by atoms with Crippen molar-refractivity contribution in [2.24, 2.45) is 11.8 Å². The minimum Gasteiger partial charge on any atom is -0.334 e. The van der Waals surface area contributed by atoms with E-state index in [0.29, 0.717) is 29.8 Å². The fourth-order valence-corrected chi connectivity index (χ4v) is 6.19. The van der Waals surface area contributed by atoms with Gasteiger partial charge < -0.3 is 9.88 Å². The number of piperidine rings is 1. The summed E-state index contributed by atoms with van der Waals surface area (Å²) < 4.78 is 28.0. The number of carbonyl (C=O) groups excluding carboxylic acids is 1. The molecule has 0 unspecified atom stereocenters. The average molecular weight is 469 g/mol. The van der Waals surface area contributed by atoms with E-state index in [-0.39, 0.29) is 40.3 Å². The van der Waals surface area contributed by atoms with Crippen LogP contribution in [0.4, 0.5) is 0 Å². The lowest BCUT2D eigenvalue weighted by Crippen LogP contribution is -2.42. The van der Waals surface area contributed by atoms with Crippen LogP contribution in [-0.4, -0.2) is 53.6 Å². The van der Waals surface area contributed by atoms with E-state index in [2.05, 4.69) is 23.8 Å². The maximum absolute atomic E-state index is 13.2. The van der Waals surface area contributed by atoms with Crippen molar-refractivity contribution in [1.82, 2.24) is 19.2 Å². The number of rotatable bonds is 5. The number of hydrogen-bond acceptors (Lipinski definition) is 5. The number of hydrogen-bond donors (Lipinski definition) is 1. The van der Waals surface area contributed by atoms with Gasteiger partial charge in [0.2, 0.25) is 10.0 Å². The van der Waals surface area contributed by atoms with E-state index in [0.717, 1.165) is 6.42 Å². The average Bonchev–Trinajstić information content (AvgIpc) is 2.78.